The largest absolute Gasteiger partial charge is 0.468 e. The van der Waals surface area contributed by atoms with Crippen molar-refractivity contribution in [3.63, 3.8) is 0 Å². The Hall–Kier alpha value is -3.41. The van der Waals surface area contributed by atoms with Gasteiger partial charge in [-0.25, -0.2) is 17.6 Å². The van der Waals surface area contributed by atoms with Gasteiger partial charge in [-0.15, -0.1) is 0 Å². The molecule has 0 amide bonds. The summed E-state index contributed by atoms with van der Waals surface area (Å²) in [6.07, 6.45) is -0.604. The highest BCUT2D eigenvalue weighted by atomic mass is 35.5. The molecule has 0 radical (unpaired) electrons. The third-order valence-corrected chi connectivity index (χ3v) is 6.70. The number of nitrogens with one attached hydrogen (secondary N) is 1. The van der Waals surface area contributed by atoms with E-state index in [4.69, 9.17) is 25.8 Å². The van der Waals surface area contributed by atoms with Crippen LogP contribution < -0.4 is 15.0 Å². The second-order valence-electron chi connectivity index (χ2n) is 8.78. The number of fused-ring (bicyclic) bond motifs is 2. The van der Waals surface area contributed by atoms with E-state index < -0.39 is 70.6 Å². The minimum Gasteiger partial charge on any atom is -0.468 e. The van der Waals surface area contributed by atoms with Crippen LogP contribution in [0.5, 0.6) is 11.8 Å². The third-order valence-electron chi connectivity index (χ3n) is 6.38. The maximum Gasteiger partial charge on any atom is 0.297 e. The average Bonchev–Trinajstić information content (AvgIpc) is 3.43. The van der Waals surface area contributed by atoms with E-state index >= 15 is 8.78 Å². The first-order valence-electron chi connectivity index (χ1n) is 11.0. The summed E-state index contributed by atoms with van der Waals surface area (Å²) >= 11 is 6.39. The van der Waals surface area contributed by atoms with E-state index in [1.54, 1.807) is 24.3 Å². The average molecular weight is 539 g/mol. The Balaban J connectivity index is 1.66. The molecule has 0 unspecified atom stereocenters. The van der Waals surface area contributed by atoms with Gasteiger partial charge < -0.3 is 19.3 Å². The van der Waals surface area contributed by atoms with Crippen LogP contribution in [0.15, 0.2) is 41.2 Å². The summed E-state index contributed by atoms with van der Waals surface area (Å²) in [5.74, 6) is -5.15. The Labute approximate surface area is 211 Å². The minimum atomic E-state index is -3.14. The number of aromatic nitrogens is 2. The number of hydrogen-bond donors (Lipinski definition) is 2. The van der Waals surface area contributed by atoms with Gasteiger partial charge in [0, 0.05) is 29.5 Å². The van der Waals surface area contributed by atoms with Gasteiger partial charge in [0.2, 0.25) is 0 Å². The molecule has 194 valence electrons. The van der Waals surface area contributed by atoms with Gasteiger partial charge in [-0.2, -0.15) is 4.98 Å². The molecule has 0 bridgehead atoms. The number of aliphatic hydroxyl groups excluding tert-OH is 1. The molecule has 1 aromatic heterocycles. The normalized spacial score (nSPS) is 18.4. The van der Waals surface area contributed by atoms with Gasteiger partial charge in [0.15, 0.2) is 12.6 Å². The lowest BCUT2D eigenvalue weighted by Crippen LogP contribution is -2.25. The molecule has 0 spiro atoms. The van der Waals surface area contributed by atoms with Crippen molar-refractivity contribution in [1.82, 2.24) is 9.97 Å². The predicted octanol–water partition coefficient (Wildman–Crippen LogP) is 5.05. The van der Waals surface area contributed by atoms with Crippen molar-refractivity contribution in [1.29, 1.82) is 0 Å². The van der Waals surface area contributed by atoms with Crippen LogP contribution in [0, 0.1) is 17.0 Å². The molecule has 37 heavy (non-hydrogen) atoms. The fourth-order valence-electron chi connectivity index (χ4n) is 4.22. The quantitative estimate of drug-likeness (QED) is 0.241. The number of aliphatic hydroxyl groups is 1. The SMILES string of the molecule is COCOc1cc(-c2c(F)cc3c(=O)[nH]c(OC[C@]4(CO)CC4(F)F)nc3c2F)c2c(Cl)cccc2c1. The van der Waals surface area contributed by atoms with Gasteiger partial charge in [0.1, 0.15) is 23.7 Å². The molecule has 1 fully saturated rings. The van der Waals surface area contributed by atoms with Crippen LogP contribution in [0.25, 0.3) is 32.8 Å². The number of H-pyrrole nitrogens is 1. The predicted molar refractivity (Wildman–Crippen MR) is 127 cm³/mol. The zero-order valence-corrected chi connectivity index (χ0v) is 20.0. The molecule has 12 heteroatoms. The maximum absolute atomic E-state index is 15.9. The Bertz CT molecular complexity index is 1600. The van der Waals surface area contributed by atoms with Gasteiger partial charge in [0.05, 0.1) is 23.0 Å². The molecule has 4 aromatic rings. The summed E-state index contributed by atoms with van der Waals surface area (Å²) in [5, 5.41) is 9.99. The number of nitrogens with zero attached hydrogens (tertiary/aromatic N) is 1. The number of ether oxygens (including phenoxy) is 3. The Kier molecular flexibility index (Phi) is 6.25. The molecule has 1 aliphatic rings. The van der Waals surface area contributed by atoms with Crippen molar-refractivity contribution in [2.24, 2.45) is 5.41 Å². The molecule has 2 N–H and O–H groups in total. The minimum absolute atomic E-state index is 0.0347. The third kappa shape index (κ3) is 4.26. The summed E-state index contributed by atoms with van der Waals surface area (Å²) in [4.78, 5) is 18.7. The fourth-order valence-corrected chi connectivity index (χ4v) is 4.51. The zero-order chi connectivity index (χ0) is 26.5. The summed E-state index contributed by atoms with van der Waals surface area (Å²) in [6.45, 7) is -1.64. The molecule has 5 rings (SSSR count). The van der Waals surface area contributed by atoms with E-state index in [1.165, 1.54) is 13.2 Å². The number of halogens is 5. The number of hydrogen-bond acceptors (Lipinski definition) is 6. The number of aromatic amines is 1. The smallest absolute Gasteiger partial charge is 0.297 e. The number of rotatable bonds is 8. The van der Waals surface area contributed by atoms with Crippen LogP contribution >= 0.6 is 11.6 Å². The second kappa shape index (κ2) is 9.16. The van der Waals surface area contributed by atoms with Crippen molar-refractivity contribution in [2.45, 2.75) is 12.3 Å². The zero-order valence-electron chi connectivity index (χ0n) is 19.2. The lowest BCUT2D eigenvalue weighted by atomic mass is 9.95. The fraction of sp³-hybridized carbons (Fsp3) is 0.280. The van der Waals surface area contributed by atoms with Gasteiger partial charge in [-0.1, -0.05) is 23.7 Å². The highest BCUT2D eigenvalue weighted by molar-refractivity contribution is 6.36. The van der Waals surface area contributed by atoms with Crippen LogP contribution in [0.4, 0.5) is 17.6 Å². The lowest BCUT2D eigenvalue weighted by molar-refractivity contribution is 0.0125. The molecular weight excluding hydrogens is 520 g/mol. The highest BCUT2D eigenvalue weighted by Crippen LogP contribution is 2.60. The molecule has 3 aromatic carbocycles. The lowest BCUT2D eigenvalue weighted by Gasteiger charge is -2.16. The number of alkyl halides is 2. The van der Waals surface area contributed by atoms with E-state index in [-0.39, 0.29) is 23.1 Å². The van der Waals surface area contributed by atoms with Gasteiger partial charge in [0.25, 0.3) is 17.5 Å². The molecule has 1 atom stereocenters. The first-order valence-corrected chi connectivity index (χ1v) is 11.4. The molecule has 0 aliphatic heterocycles. The molecule has 7 nitrogen and oxygen atoms in total. The van der Waals surface area contributed by atoms with Crippen molar-refractivity contribution in [2.75, 3.05) is 27.1 Å². The summed E-state index contributed by atoms with van der Waals surface area (Å²) < 4.78 is 74.2. The maximum atomic E-state index is 15.9. The Morgan fingerprint density at radius 3 is 2.62 bits per heavy atom. The van der Waals surface area contributed by atoms with Gasteiger partial charge in [-0.3, -0.25) is 9.78 Å². The van der Waals surface area contributed by atoms with Gasteiger partial charge >= 0.3 is 0 Å². The standard InChI is InChI=1S/C25H19ClF4N2O5/c1-35-11-37-13-5-12-3-2-4-16(26)18(12)14(6-13)19-17(27)7-15-21(20(19)28)31-23(32-22(15)34)36-10-24(9-33)8-25(24,29)30/h2-7,33H,8-11H2,1H3,(H,31,32,34)/t24-/m1/s1. The van der Waals surface area contributed by atoms with Crippen molar-refractivity contribution >= 4 is 33.3 Å². The topological polar surface area (TPSA) is 93.7 Å². The Morgan fingerprint density at radius 2 is 1.95 bits per heavy atom. The molecule has 1 aliphatic carbocycles. The van der Waals surface area contributed by atoms with Crippen LogP contribution in [-0.4, -0.2) is 48.1 Å². The van der Waals surface area contributed by atoms with E-state index in [0.717, 1.165) is 6.07 Å². The van der Waals surface area contributed by atoms with Crippen LogP contribution in [0.2, 0.25) is 5.02 Å². The number of benzene rings is 3. The Morgan fingerprint density at radius 1 is 1.19 bits per heavy atom. The summed E-state index contributed by atoms with van der Waals surface area (Å²) in [5.41, 5.74) is -3.79. The summed E-state index contributed by atoms with van der Waals surface area (Å²) in [7, 11) is 1.41. The summed E-state index contributed by atoms with van der Waals surface area (Å²) in [6, 6.07) is 8.17. The second-order valence-corrected chi connectivity index (χ2v) is 9.19. The van der Waals surface area contributed by atoms with Crippen LogP contribution in [0.3, 0.4) is 0 Å². The van der Waals surface area contributed by atoms with Gasteiger partial charge in [-0.05, 0) is 29.7 Å². The molecular formula is C25H19ClF4N2O5. The van der Waals surface area contributed by atoms with E-state index in [2.05, 4.69) is 9.97 Å². The molecule has 1 heterocycles. The highest BCUT2D eigenvalue weighted by Gasteiger charge is 2.71. The van der Waals surface area contributed by atoms with Crippen LogP contribution in [-0.2, 0) is 4.74 Å². The first-order chi connectivity index (χ1) is 17.6. The van der Waals surface area contributed by atoms with E-state index in [0.29, 0.717) is 10.8 Å². The molecule has 1 saturated carbocycles. The van der Waals surface area contributed by atoms with E-state index in [9.17, 15) is 18.7 Å². The van der Waals surface area contributed by atoms with Crippen molar-refractivity contribution in [3.05, 3.63) is 63.4 Å². The van der Waals surface area contributed by atoms with Crippen LogP contribution in [0.1, 0.15) is 6.42 Å². The first kappa shape index (κ1) is 25.2. The number of methoxy groups -OCH3 is 1. The van der Waals surface area contributed by atoms with Crippen molar-refractivity contribution < 1.29 is 36.9 Å². The van der Waals surface area contributed by atoms with Crippen molar-refractivity contribution in [3.8, 4) is 22.9 Å². The molecule has 0 saturated heterocycles. The van der Waals surface area contributed by atoms with E-state index in [1.807, 2.05) is 0 Å². The monoisotopic (exact) mass is 538 g/mol.